The second kappa shape index (κ2) is 5.88. The number of fused-ring (bicyclic) bond motifs is 1. The molecule has 0 amide bonds. The molecular formula is C19H20N4. The molecule has 2 aromatic heterocycles. The summed E-state index contributed by atoms with van der Waals surface area (Å²) in [4.78, 5) is 4.45. The van der Waals surface area contributed by atoms with Gasteiger partial charge in [0, 0.05) is 30.4 Å². The third-order valence-electron chi connectivity index (χ3n) is 4.41. The quantitative estimate of drug-likeness (QED) is 0.803. The van der Waals surface area contributed by atoms with Gasteiger partial charge in [0.2, 0.25) is 0 Å². The fourth-order valence-corrected chi connectivity index (χ4v) is 3.25. The van der Waals surface area contributed by atoms with Gasteiger partial charge < -0.3 is 5.32 Å². The first-order valence-electron chi connectivity index (χ1n) is 8.19. The summed E-state index contributed by atoms with van der Waals surface area (Å²) in [6, 6.07) is 14.5. The molecule has 4 rings (SSSR count). The molecular weight excluding hydrogens is 284 g/mol. The molecule has 0 saturated heterocycles. The Kier molecular flexibility index (Phi) is 3.58. The van der Waals surface area contributed by atoms with Crippen LogP contribution in [-0.4, -0.2) is 21.3 Å². The Morgan fingerprint density at radius 1 is 1.13 bits per heavy atom. The van der Waals surface area contributed by atoms with E-state index in [2.05, 4.69) is 52.2 Å². The molecule has 3 aromatic rings. The van der Waals surface area contributed by atoms with E-state index in [0.29, 0.717) is 0 Å². The van der Waals surface area contributed by atoms with Crippen LogP contribution >= 0.6 is 0 Å². The van der Waals surface area contributed by atoms with Crippen molar-refractivity contribution in [3.63, 3.8) is 0 Å². The van der Waals surface area contributed by atoms with Crippen LogP contribution in [-0.2, 0) is 19.3 Å². The van der Waals surface area contributed by atoms with Crippen molar-refractivity contribution in [2.24, 2.45) is 0 Å². The topological polar surface area (TPSA) is 42.7 Å². The van der Waals surface area contributed by atoms with Gasteiger partial charge in [-0.3, -0.25) is 4.98 Å². The molecule has 1 aliphatic rings. The van der Waals surface area contributed by atoms with Gasteiger partial charge >= 0.3 is 0 Å². The average molecular weight is 304 g/mol. The Labute approximate surface area is 136 Å². The summed E-state index contributed by atoms with van der Waals surface area (Å²) in [7, 11) is 0. The summed E-state index contributed by atoms with van der Waals surface area (Å²) in [5, 5.41) is 8.42. The molecule has 4 nitrogen and oxygen atoms in total. The van der Waals surface area contributed by atoms with E-state index in [1.807, 2.05) is 18.3 Å². The Balaban J connectivity index is 1.79. The fraction of sp³-hybridized carbons (Fsp3) is 0.263. The van der Waals surface area contributed by atoms with Crippen LogP contribution in [0.25, 0.3) is 5.69 Å². The molecule has 0 radical (unpaired) electrons. The zero-order chi connectivity index (χ0) is 15.6. The van der Waals surface area contributed by atoms with Crippen LogP contribution in [0.5, 0.6) is 0 Å². The highest BCUT2D eigenvalue weighted by Crippen LogP contribution is 2.30. The smallest absolute Gasteiger partial charge is 0.133 e. The van der Waals surface area contributed by atoms with Crippen LogP contribution in [0.1, 0.15) is 29.4 Å². The van der Waals surface area contributed by atoms with Crippen molar-refractivity contribution >= 4 is 5.82 Å². The molecule has 1 N–H and O–H groups in total. The van der Waals surface area contributed by atoms with Gasteiger partial charge in [-0.15, -0.1) is 0 Å². The maximum Gasteiger partial charge on any atom is 0.133 e. The zero-order valence-corrected chi connectivity index (χ0v) is 13.3. The Morgan fingerprint density at radius 2 is 2.00 bits per heavy atom. The number of nitrogens with one attached hydrogen (secondary N) is 1. The second-order valence-electron chi connectivity index (χ2n) is 5.84. The number of aromatic nitrogens is 3. The summed E-state index contributed by atoms with van der Waals surface area (Å²) in [6.07, 6.45) is 4.66. The van der Waals surface area contributed by atoms with Crippen molar-refractivity contribution in [1.29, 1.82) is 0 Å². The Hall–Kier alpha value is -2.62. The van der Waals surface area contributed by atoms with E-state index in [0.717, 1.165) is 43.0 Å². The molecule has 1 aliphatic heterocycles. The largest absolute Gasteiger partial charge is 0.369 e. The normalized spacial score (nSPS) is 12.9. The molecule has 0 fully saturated rings. The molecule has 4 heteroatoms. The predicted molar refractivity (Wildman–Crippen MR) is 92.2 cm³/mol. The number of pyridine rings is 1. The molecule has 0 saturated carbocycles. The summed E-state index contributed by atoms with van der Waals surface area (Å²) in [6.45, 7) is 3.17. The first kappa shape index (κ1) is 14.0. The summed E-state index contributed by atoms with van der Waals surface area (Å²) in [5.74, 6) is 1.15. The van der Waals surface area contributed by atoms with Gasteiger partial charge in [-0.25, -0.2) is 4.68 Å². The Bertz CT molecular complexity index is 821. The fourth-order valence-electron chi connectivity index (χ4n) is 3.25. The lowest BCUT2D eigenvalue weighted by molar-refractivity contribution is 0.824. The summed E-state index contributed by atoms with van der Waals surface area (Å²) in [5.41, 5.74) is 6.02. The van der Waals surface area contributed by atoms with Crippen molar-refractivity contribution in [2.45, 2.75) is 26.2 Å². The lowest BCUT2D eigenvalue weighted by Crippen LogP contribution is -2.07. The van der Waals surface area contributed by atoms with Crippen LogP contribution in [0.3, 0.4) is 0 Å². The van der Waals surface area contributed by atoms with Gasteiger partial charge in [0.15, 0.2) is 0 Å². The first-order valence-corrected chi connectivity index (χ1v) is 8.19. The highest BCUT2D eigenvalue weighted by molar-refractivity contribution is 5.59. The van der Waals surface area contributed by atoms with Crippen molar-refractivity contribution in [1.82, 2.24) is 14.8 Å². The van der Waals surface area contributed by atoms with Crippen molar-refractivity contribution < 1.29 is 0 Å². The maximum absolute atomic E-state index is 4.92. The van der Waals surface area contributed by atoms with Gasteiger partial charge in [0.25, 0.3) is 0 Å². The number of rotatable bonds is 4. The van der Waals surface area contributed by atoms with Gasteiger partial charge in [-0.05, 0) is 36.6 Å². The van der Waals surface area contributed by atoms with Crippen molar-refractivity contribution in [2.75, 3.05) is 11.9 Å². The van der Waals surface area contributed by atoms with E-state index in [1.54, 1.807) is 0 Å². The number of benzene rings is 1. The van der Waals surface area contributed by atoms with Crippen LogP contribution in [0, 0.1) is 0 Å². The van der Waals surface area contributed by atoms with Gasteiger partial charge in [0.1, 0.15) is 5.82 Å². The number of hydrogen-bond donors (Lipinski definition) is 1. The molecule has 0 atom stereocenters. The van der Waals surface area contributed by atoms with E-state index in [1.165, 1.54) is 16.8 Å². The van der Waals surface area contributed by atoms with E-state index in [-0.39, 0.29) is 0 Å². The van der Waals surface area contributed by atoms with Crippen LogP contribution in [0.4, 0.5) is 5.82 Å². The van der Waals surface area contributed by atoms with Gasteiger partial charge in [-0.2, -0.15) is 5.10 Å². The predicted octanol–water partition coefficient (Wildman–Crippen LogP) is 3.39. The lowest BCUT2D eigenvalue weighted by Gasteiger charge is -2.10. The standard InChI is InChI=1S/C19H20N4/c1-2-14-7-3-4-9-18(14)23-19-16(10-12-21-19)17(22-23)13-15-8-5-6-11-20-15/h3-9,11,21H,2,10,12-13H2,1H3. The van der Waals surface area contributed by atoms with Gasteiger partial charge in [0.05, 0.1) is 11.4 Å². The minimum atomic E-state index is 0.784. The molecule has 1 aromatic carbocycles. The minimum absolute atomic E-state index is 0.784. The first-order chi connectivity index (χ1) is 11.4. The SMILES string of the molecule is CCc1ccccc1-n1nc(Cc2ccccn2)c2c1NCC2. The monoisotopic (exact) mass is 304 g/mol. The maximum atomic E-state index is 4.92. The number of aryl methyl sites for hydroxylation is 1. The highest BCUT2D eigenvalue weighted by atomic mass is 15.3. The molecule has 0 spiro atoms. The van der Waals surface area contributed by atoms with E-state index >= 15 is 0 Å². The number of hydrogen-bond acceptors (Lipinski definition) is 3. The van der Waals surface area contributed by atoms with E-state index in [9.17, 15) is 0 Å². The third kappa shape index (κ3) is 2.50. The van der Waals surface area contributed by atoms with Crippen molar-refractivity contribution in [3.8, 4) is 5.69 Å². The van der Waals surface area contributed by atoms with Crippen molar-refractivity contribution in [3.05, 3.63) is 71.2 Å². The highest BCUT2D eigenvalue weighted by Gasteiger charge is 2.23. The number of para-hydroxylation sites is 1. The van der Waals surface area contributed by atoms with Crippen LogP contribution in [0.15, 0.2) is 48.7 Å². The molecule has 116 valence electrons. The number of nitrogens with zero attached hydrogens (tertiary/aromatic N) is 3. The number of anilines is 1. The van der Waals surface area contributed by atoms with Crippen LogP contribution in [0.2, 0.25) is 0 Å². The summed E-state index contributed by atoms with van der Waals surface area (Å²) < 4.78 is 2.08. The molecule has 3 heterocycles. The molecule has 0 unspecified atom stereocenters. The second-order valence-corrected chi connectivity index (χ2v) is 5.84. The third-order valence-corrected chi connectivity index (χ3v) is 4.41. The average Bonchev–Trinajstić information content (AvgIpc) is 3.20. The molecule has 0 bridgehead atoms. The van der Waals surface area contributed by atoms with E-state index in [4.69, 9.17) is 5.10 Å². The lowest BCUT2D eigenvalue weighted by atomic mass is 10.1. The Morgan fingerprint density at radius 3 is 2.83 bits per heavy atom. The summed E-state index contributed by atoms with van der Waals surface area (Å²) >= 11 is 0. The van der Waals surface area contributed by atoms with Crippen LogP contribution < -0.4 is 5.32 Å². The van der Waals surface area contributed by atoms with E-state index < -0.39 is 0 Å². The molecule has 23 heavy (non-hydrogen) atoms. The van der Waals surface area contributed by atoms with Gasteiger partial charge in [-0.1, -0.05) is 31.2 Å². The zero-order valence-electron chi connectivity index (χ0n) is 13.3. The minimum Gasteiger partial charge on any atom is -0.369 e. The molecule has 0 aliphatic carbocycles.